The zero-order valence-electron chi connectivity index (χ0n) is 14.0. The molecule has 2 aliphatic rings. The smallest absolute Gasteiger partial charge is 0.322 e. The zero-order chi connectivity index (χ0) is 17.2. The highest BCUT2D eigenvalue weighted by Gasteiger charge is 2.31. The molecule has 8 heteroatoms. The van der Waals surface area contributed by atoms with Crippen molar-refractivity contribution in [1.82, 2.24) is 15.1 Å². The molecule has 1 amide bonds. The summed E-state index contributed by atoms with van der Waals surface area (Å²) in [5, 5.41) is 10.3. The maximum Gasteiger partial charge on any atom is 0.322 e. The summed E-state index contributed by atoms with van der Waals surface area (Å²) >= 11 is 0. The van der Waals surface area contributed by atoms with Crippen LogP contribution in [0, 0.1) is 6.92 Å². The predicted molar refractivity (Wildman–Crippen MR) is 88.3 cm³/mol. The third-order valence-electron chi connectivity index (χ3n) is 4.52. The normalized spacial score (nSPS) is 19.8. The standard InChI is InChI=1S/C17H20N4O4/c1-11-19-20-17(25-11)18-16(22)13-6-2-3-8-21(13)9-12-5-4-7-14-15(12)24-10-23-14/h4-5,7,13H,2-3,6,8-10H2,1H3,(H,18,20,22)/t13-/m1/s1. The Morgan fingerprint density at radius 2 is 2.24 bits per heavy atom. The summed E-state index contributed by atoms with van der Waals surface area (Å²) in [7, 11) is 0. The number of hydrogen-bond acceptors (Lipinski definition) is 7. The minimum absolute atomic E-state index is 0.118. The van der Waals surface area contributed by atoms with Crippen LogP contribution in [0.4, 0.5) is 6.01 Å². The Kier molecular flexibility index (Phi) is 4.27. The number of likely N-dealkylation sites (tertiary alicyclic amines) is 1. The number of rotatable bonds is 4. The number of aromatic nitrogens is 2. The summed E-state index contributed by atoms with van der Waals surface area (Å²) in [6, 6.07) is 5.76. The van der Waals surface area contributed by atoms with Gasteiger partial charge in [-0.1, -0.05) is 23.7 Å². The summed E-state index contributed by atoms with van der Waals surface area (Å²) < 4.78 is 16.3. The Hall–Kier alpha value is -2.61. The van der Waals surface area contributed by atoms with Crippen molar-refractivity contribution in [2.75, 3.05) is 18.7 Å². The van der Waals surface area contributed by atoms with Crippen LogP contribution in [-0.4, -0.2) is 40.4 Å². The predicted octanol–water partition coefficient (Wildman–Crippen LogP) is 2.10. The fourth-order valence-electron chi connectivity index (χ4n) is 3.35. The second kappa shape index (κ2) is 6.72. The van der Waals surface area contributed by atoms with Gasteiger partial charge in [0.25, 0.3) is 0 Å². The summed E-state index contributed by atoms with van der Waals surface area (Å²) in [5.74, 6) is 1.84. The van der Waals surface area contributed by atoms with Gasteiger partial charge in [0.1, 0.15) is 0 Å². The number of nitrogens with one attached hydrogen (secondary N) is 1. The molecular weight excluding hydrogens is 324 g/mol. The van der Waals surface area contributed by atoms with Crippen LogP contribution in [0.25, 0.3) is 0 Å². The van der Waals surface area contributed by atoms with Crippen LogP contribution in [0.3, 0.4) is 0 Å². The van der Waals surface area contributed by atoms with Crippen LogP contribution < -0.4 is 14.8 Å². The fourth-order valence-corrected chi connectivity index (χ4v) is 3.35. The average molecular weight is 344 g/mol. The van der Waals surface area contributed by atoms with Crippen LogP contribution in [0.15, 0.2) is 22.6 Å². The second-order valence-corrected chi connectivity index (χ2v) is 6.25. The Morgan fingerprint density at radius 1 is 1.32 bits per heavy atom. The van der Waals surface area contributed by atoms with Crippen molar-refractivity contribution in [2.24, 2.45) is 0 Å². The molecule has 25 heavy (non-hydrogen) atoms. The van der Waals surface area contributed by atoms with Gasteiger partial charge in [-0.15, -0.1) is 5.10 Å². The summed E-state index contributed by atoms with van der Waals surface area (Å²) in [6.45, 7) is 3.42. The van der Waals surface area contributed by atoms with Gasteiger partial charge in [-0.2, -0.15) is 0 Å². The maximum atomic E-state index is 12.7. The molecule has 0 spiro atoms. The highest BCUT2D eigenvalue weighted by molar-refractivity contribution is 5.93. The number of fused-ring (bicyclic) bond motifs is 1. The highest BCUT2D eigenvalue weighted by atomic mass is 16.7. The first-order chi connectivity index (χ1) is 12.2. The zero-order valence-corrected chi connectivity index (χ0v) is 14.0. The Bertz CT molecular complexity index is 776. The minimum Gasteiger partial charge on any atom is -0.454 e. The monoisotopic (exact) mass is 344 g/mol. The molecule has 1 atom stereocenters. The molecule has 2 aliphatic heterocycles. The number of ether oxygens (including phenoxy) is 2. The molecule has 0 bridgehead atoms. The van der Waals surface area contributed by atoms with E-state index in [4.69, 9.17) is 13.9 Å². The highest BCUT2D eigenvalue weighted by Crippen LogP contribution is 2.36. The van der Waals surface area contributed by atoms with E-state index in [1.165, 1.54) is 0 Å². The summed E-state index contributed by atoms with van der Waals surface area (Å²) in [6.07, 6.45) is 2.88. The van der Waals surface area contributed by atoms with Crippen LogP contribution in [0.1, 0.15) is 30.7 Å². The van der Waals surface area contributed by atoms with E-state index >= 15 is 0 Å². The molecule has 0 saturated carbocycles. The molecule has 1 N–H and O–H groups in total. The van der Waals surface area contributed by atoms with Gasteiger partial charge in [0, 0.05) is 19.0 Å². The molecular formula is C17H20N4O4. The number of nitrogens with zero attached hydrogens (tertiary/aromatic N) is 3. The van der Waals surface area contributed by atoms with Gasteiger partial charge in [-0.05, 0) is 25.5 Å². The van der Waals surface area contributed by atoms with Crippen LogP contribution in [0.5, 0.6) is 11.5 Å². The third-order valence-corrected chi connectivity index (χ3v) is 4.52. The molecule has 8 nitrogen and oxygen atoms in total. The van der Waals surface area contributed by atoms with Crippen molar-refractivity contribution in [3.8, 4) is 11.5 Å². The number of carbonyl (C=O) groups is 1. The van der Waals surface area contributed by atoms with E-state index in [0.29, 0.717) is 12.4 Å². The quantitative estimate of drug-likeness (QED) is 0.908. The van der Waals surface area contributed by atoms with E-state index in [9.17, 15) is 4.79 Å². The van der Waals surface area contributed by atoms with Gasteiger partial charge < -0.3 is 13.9 Å². The molecule has 0 radical (unpaired) electrons. The molecule has 4 rings (SSSR count). The lowest BCUT2D eigenvalue weighted by atomic mass is 10.00. The van der Waals surface area contributed by atoms with Crippen molar-refractivity contribution in [3.05, 3.63) is 29.7 Å². The van der Waals surface area contributed by atoms with Crippen molar-refractivity contribution < 1.29 is 18.7 Å². The number of carbonyl (C=O) groups excluding carboxylic acids is 1. The molecule has 1 aromatic carbocycles. The van der Waals surface area contributed by atoms with Crippen molar-refractivity contribution in [1.29, 1.82) is 0 Å². The molecule has 1 aromatic heterocycles. The van der Waals surface area contributed by atoms with Gasteiger partial charge in [0.15, 0.2) is 11.5 Å². The lowest BCUT2D eigenvalue weighted by molar-refractivity contribution is -0.122. The van der Waals surface area contributed by atoms with E-state index in [1.54, 1.807) is 6.92 Å². The molecule has 1 fully saturated rings. The van der Waals surface area contributed by atoms with E-state index in [1.807, 2.05) is 18.2 Å². The number of para-hydroxylation sites is 1. The van der Waals surface area contributed by atoms with Gasteiger partial charge in [0.2, 0.25) is 18.6 Å². The van der Waals surface area contributed by atoms with Crippen molar-refractivity contribution >= 4 is 11.9 Å². The molecule has 132 valence electrons. The number of anilines is 1. The van der Waals surface area contributed by atoms with Gasteiger partial charge in [0.05, 0.1) is 6.04 Å². The Morgan fingerprint density at radius 3 is 3.08 bits per heavy atom. The number of piperidine rings is 1. The van der Waals surface area contributed by atoms with E-state index in [-0.39, 0.29) is 24.8 Å². The van der Waals surface area contributed by atoms with E-state index < -0.39 is 0 Å². The number of aryl methyl sites for hydroxylation is 1. The average Bonchev–Trinajstić information content (AvgIpc) is 3.25. The fraction of sp³-hybridized carbons (Fsp3) is 0.471. The SMILES string of the molecule is Cc1nnc(NC(=O)[C@H]2CCCCN2Cc2cccc3c2OCO3)o1. The largest absolute Gasteiger partial charge is 0.454 e. The van der Waals surface area contributed by atoms with Gasteiger partial charge in [-0.3, -0.25) is 15.0 Å². The van der Waals surface area contributed by atoms with Crippen molar-refractivity contribution in [3.63, 3.8) is 0 Å². The topological polar surface area (TPSA) is 89.7 Å². The van der Waals surface area contributed by atoms with E-state index in [2.05, 4.69) is 20.4 Å². The minimum atomic E-state index is -0.237. The number of amides is 1. The number of hydrogen-bond donors (Lipinski definition) is 1. The van der Waals surface area contributed by atoms with E-state index in [0.717, 1.165) is 42.9 Å². The molecule has 3 heterocycles. The van der Waals surface area contributed by atoms with Crippen LogP contribution >= 0.6 is 0 Å². The first kappa shape index (κ1) is 15.9. The number of benzene rings is 1. The molecule has 2 aromatic rings. The summed E-state index contributed by atoms with van der Waals surface area (Å²) in [5.41, 5.74) is 1.03. The van der Waals surface area contributed by atoms with Crippen LogP contribution in [-0.2, 0) is 11.3 Å². The van der Waals surface area contributed by atoms with Gasteiger partial charge >= 0.3 is 6.01 Å². The Balaban J connectivity index is 1.49. The first-order valence-electron chi connectivity index (χ1n) is 8.43. The first-order valence-corrected chi connectivity index (χ1v) is 8.43. The lowest BCUT2D eigenvalue weighted by Crippen LogP contribution is -2.46. The molecule has 1 saturated heterocycles. The summed E-state index contributed by atoms with van der Waals surface area (Å²) in [4.78, 5) is 14.8. The maximum absolute atomic E-state index is 12.7. The third kappa shape index (κ3) is 3.30. The van der Waals surface area contributed by atoms with Crippen LogP contribution in [0.2, 0.25) is 0 Å². The van der Waals surface area contributed by atoms with Crippen molar-refractivity contribution in [2.45, 2.75) is 38.8 Å². The molecule has 0 unspecified atom stereocenters. The molecule has 0 aliphatic carbocycles. The lowest BCUT2D eigenvalue weighted by Gasteiger charge is -2.34. The second-order valence-electron chi connectivity index (χ2n) is 6.25. The van der Waals surface area contributed by atoms with Gasteiger partial charge in [-0.25, -0.2) is 0 Å². The Labute approximate surface area is 145 Å².